The van der Waals surface area contributed by atoms with Crippen LogP contribution in [0.25, 0.3) is 11.0 Å². The summed E-state index contributed by atoms with van der Waals surface area (Å²) in [6.45, 7) is 0.725. The smallest absolute Gasteiger partial charge is 0.287 e. The van der Waals surface area contributed by atoms with Gasteiger partial charge in [0.15, 0.2) is 17.3 Å². The minimum Gasteiger partial charge on any atom is -0.490 e. The molecule has 0 bridgehead atoms. The van der Waals surface area contributed by atoms with E-state index in [0.717, 1.165) is 9.86 Å². The van der Waals surface area contributed by atoms with Gasteiger partial charge in [-0.25, -0.2) is 4.39 Å². The summed E-state index contributed by atoms with van der Waals surface area (Å²) in [6.07, 6.45) is 0.561. The molecule has 4 nitrogen and oxygen atoms in total. The molecule has 1 aromatic heterocycles. The average Bonchev–Trinajstić information content (AvgIpc) is 2.99. The molecule has 124 valence electrons. The molecule has 0 fully saturated rings. The number of para-hydroxylation sites is 1. The van der Waals surface area contributed by atoms with E-state index >= 15 is 0 Å². The van der Waals surface area contributed by atoms with E-state index in [0.29, 0.717) is 25.2 Å². The van der Waals surface area contributed by atoms with Crippen molar-refractivity contribution in [2.75, 3.05) is 13.2 Å². The second kappa shape index (κ2) is 7.49. The van der Waals surface area contributed by atoms with Gasteiger partial charge in [0.2, 0.25) is 0 Å². The summed E-state index contributed by atoms with van der Waals surface area (Å²) in [5, 5.41) is 3.62. The maximum atomic E-state index is 13.4. The summed E-state index contributed by atoms with van der Waals surface area (Å²) in [7, 11) is 0. The lowest BCUT2D eigenvalue weighted by molar-refractivity contribution is 0.0926. The summed E-state index contributed by atoms with van der Waals surface area (Å²) in [5.74, 6) is -0.201. The Kier molecular flexibility index (Phi) is 5.15. The number of rotatable bonds is 6. The minimum atomic E-state index is -0.394. The van der Waals surface area contributed by atoms with Gasteiger partial charge < -0.3 is 14.5 Å². The molecule has 1 heterocycles. The normalized spacial score (nSPS) is 10.8. The van der Waals surface area contributed by atoms with Crippen molar-refractivity contribution in [1.82, 2.24) is 5.32 Å². The van der Waals surface area contributed by atoms with Crippen molar-refractivity contribution < 1.29 is 18.3 Å². The molecule has 0 aliphatic carbocycles. The first kappa shape index (κ1) is 16.5. The van der Waals surface area contributed by atoms with Crippen LogP contribution in [0.1, 0.15) is 17.0 Å². The van der Waals surface area contributed by atoms with Gasteiger partial charge in [-0.1, -0.05) is 28.1 Å². The van der Waals surface area contributed by atoms with Gasteiger partial charge in [-0.3, -0.25) is 4.79 Å². The van der Waals surface area contributed by atoms with Crippen LogP contribution in [-0.2, 0) is 0 Å². The lowest BCUT2D eigenvalue weighted by Gasteiger charge is -2.07. The maximum Gasteiger partial charge on any atom is 0.287 e. The quantitative estimate of drug-likeness (QED) is 0.627. The molecular formula is C18H15BrFNO3. The molecule has 2 aromatic carbocycles. The molecule has 1 amide bonds. The number of hydrogen-bond donors (Lipinski definition) is 1. The van der Waals surface area contributed by atoms with Crippen LogP contribution in [0.2, 0.25) is 0 Å². The third kappa shape index (κ3) is 3.94. The molecule has 0 saturated carbocycles. The number of carbonyl (C=O) groups excluding carboxylic acids is 1. The molecule has 6 heteroatoms. The largest absolute Gasteiger partial charge is 0.490 e. The topological polar surface area (TPSA) is 51.5 Å². The fraction of sp³-hybridized carbons (Fsp3) is 0.167. The van der Waals surface area contributed by atoms with Gasteiger partial charge in [0.05, 0.1) is 6.61 Å². The first-order valence-electron chi connectivity index (χ1n) is 7.48. The standard InChI is InChI=1S/C18H15BrFNO3/c19-13-6-7-15-12(10-13)11-17(24-15)18(22)21-8-3-9-23-16-5-2-1-4-14(16)20/h1-2,4-7,10-11H,3,8-9H2,(H,21,22). The zero-order valence-corrected chi connectivity index (χ0v) is 14.3. The zero-order valence-electron chi connectivity index (χ0n) is 12.7. The van der Waals surface area contributed by atoms with Crippen molar-refractivity contribution in [3.8, 4) is 5.75 Å². The molecule has 0 atom stereocenters. The van der Waals surface area contributed by atoms with Crippen LogP contribution in [0.4, 0.5) is 4.39 Å². The Morgan fingerprint density at radius 1 is 1.21 bits per heavy atom. The summed E-state index contributed by atoms with van der Waals surface area (Å²) in [4.78, 5) is 12.1. The van der Waals surface area contributed by atoms with E-state index in [4.69, 9.17) is 9.15 Å². The molecule has 0 aliphatic rings. The molecule has 0 unspecified atom stereocenters. The fourth-order valence-corrected chi connectivity index (χ4v) is 2.61. The molecule has 3 aromatic rings. The van der Waals surface area contributed by atoms with Crippen LogP contribution in [0.3, 0.4) is 0 Å². The number of furan rings is 1. The predicted molar refractivity (Wildman–Crippen MR) is 92.8 cm³/mol. The molecule has 0 radical (unpaired) electrons. The van der Waals surface area contributed by atoms with E-state index in [9.17, 15) is 9.18 Å². The first-order chi connectivity index (χ1) is 11.6. The Morgan fingerprint density at radius 2 is 2.04 bits per heavy atom. The Balaban J connectivity index is 1.47. The zero-order chi connectivity index (χ0) is 16.9. The van der Waals surface area contributed by atoms with Gasteiger partial charge in [-0.15, -0.1) is 0 Å². The molecule has 1 N–H and O–H groups in total. The highest BCUT2D eigenvalue weighted by molar-refractivity contribution is 9.10. The lowest BCUT2D eigenvalue weighted by Crippen LogP contribution is -2.25. The summed E-state index contributed by atoms with van der Waals surface area (Å²) < 4.78 is 25.1. The Morgan fingerprint density at radius 3 is 2.88 bits per heavy atom. The third-order valence-electron chi connectivity index (χ3n) is 3.40. The molecule has 0 saturated heterocycles. The maximum absolute atomic E-state index is 13.4. The SMILES string of the molecule is O=C(NCCCOc1ccccc1F)c1cc2cc(Br)ccc2o1. The molecule has 24 heavy (non-hydrogen) atoms. The van der Waals surface area contributed by atoms with Crippen LogP contribution in [0.5, 0.6) is 5.75 Å². The monoisotopic (exact) mass is 391 g/mol. The Bertz CT molecular complexity index is 862. The van der Waals surface area contributed by atoms with Crippen molar-refractivity contribution in [1.29, 1.82) is 0 Å². The fourth-order valence-electron chi connectivity index (χ4n) is 2.23. The van der Waals surface area contributed by atoms with Crippen molar-refractivity contribution in [3.63, 3.8) is 0 Å². The first-order valence-corrected chi connectivity index (χ1v) is 8.27. The summed E-state index contributed by atoms with van der Waals surface area (Å²) in [5.41, 5.74) is 0.659. The van der Waals surface area contributed by atoms with Crippen molar-refractivity contribution in [2.45, 2.75) is 6.42 Å². The number of halogens is 2. The lowest BCUT2D eigenvalue weighted by atomic mass is 10.2. The number of fused-ring (bicyclic) bond motifs is 1. The third-order valence-corrected chi connectivity index (χ3v) is 3.90. The van der Waals surface area contributed by atoms with Gasteiger partial charge in [0, 0.05) is 16.4 Å². The average molecular weight is 392 g/mol. The molecule has 0 spiro atoms. The van der Waals surface area contributed by atoms with Gasteiger partial charge >= 0.3 is 0 Å². The number of amides is 1. The summed E-state index contributed by atoms with van der Waals surface area (Å²) in [6, 6.07) is 13.5. The van der Waals surface area contributed by atoms with Crippen LogP contribution in [0, 0.1) is 5.82 Å². The second-order valence-electron chi connectivity index (χ2n) is 5.18. The van der Waals surface area contributed by atoms with Crippen molar-refractivity contribution in [2.24, 2.45) is 0 Å². The number of nitrogens with one attached hydrogen (secondary N) is 1. The van der Waals surface area contributed by atoms with E-state index in [2.05, 4.69) is 21.2 Å². The van der Waals surface area contributed by atoms with Gasteiger partial charge in [-0.05, 0) is 42.8 Å². The van der Waals surface area contributed by atoms with E-state index in [1.54, 1.807) is 30.3 Å². The van der Waals surface area contributed by atoms with Crippen LogP contribution in [0.15, 0.2) is 57.4 Å². The predicted octanol–water partition coefficient (Wildman–Crippen LogP) is 4.53. The Labute approximate surface area is 146 Å². The molecule has 3 rings (SSSR count). The van der Waals surface area contributed by atoms with Gasteiger partial charge in [0.25, 0.3) is 5.91 Å². The van der Waals surface area contributed by atoms with E-state index in [1.165, 1.54) is 6.07 Å². The molecular weight excluding hydrogens is 377 g/mol. The van der Waals surface area contributed by atoms with E-state index < -0.39 is 5.82 Å². The van der Waals surface area contributed by atoms with Crippen LogP contribution < -0.4 is 10.1 Å². The summed E-state index contributed by atoms with van der Waals surface area (Å²) >= 11 is 3.38. The van der Waals surface area contributed by atoms with Crippen LogP contribution in [-0.4, -0.2) is 19.1 Å². The van der Waals surface area contributed by atoms with Gasteiger partial charge in [-0.2, -0.15) is 0 Å². The highest BCUT2D eigenvalue weighted by atomic mass is 79.9. The van der Waals surface area contributed by atoms with Crippen LogP contribution >= 0.6 is 15.9 Å². The van der Waals surface area contributed by atoms with E-state index in [1.807, 2.05) is 12.1 Å². The Hall–Kier alpha value is -2.34. The number of hydrogen-bond acceptors (Lipinski definition) is 3. The second-order valence-corrected chi connectivity index (χ2v) is 6.10. The minimum absolute atomic E-state index is 0.215. The number of carbonyl (C=O) groups is 1. The highest BCUT2D eigenvalue weighted by Gasteiger charge is 2.12. The van der Waals surface area contributed by atoms with Gasteiger partial charge in [0.1, 0.15) is 5.58 Å². The van der Waals surface area contributed by atoms with Crippen molar-refractivity contribution >= 4 is 32.8 Å². The highest BCUT2D eigenvalue weighted by Crippen LogP contribution is 2.23. The molecule has 0 aliphatic heterocycles. The van der Waals surface area contributed by atoms with E-state index in [-0.39, 0.29) is 17.4 Å². The number of ether oxygens (including phenoxy) is 1. The van der Waals surface area contributed by atoms with Crippen molar-refractivity contribution in [3.05, 3.63) is 64.6 Å². The number of benzene rings is 2.